The second-order valence-electron chi connectivity index (χ2n) is 5.61. The van der Waals surface area contributed by atoms with E-state index in [1.165, 1.54) is 36.7 Å². The number of hydrogen-bond donors (Lipinski definition) is 4. The molecule has 0 spiro atoms. The Morgan fingerprint density at radius 1 is 1.22 bits per heavy atom. The number of nitrogens with zero attached hydrogens (tertiary/aromatic N) is 2. The Morgan fingerprint density at radius 3 is 2.48 bits per heavy atom. The topological polar surface area (TPSA) is 155 Å². The van der Waals surface area contributed by atoms with Gasteiger partial charge in [-0.25, -0.2) is 0 Å². The van der Waals surface area contributed by atoms with Gasteiger partial charge >= 0.3 is 7.12 Å². The van der Waals surface area contributed by atoms with Crippen molar-refractivity contribution in [3.05, 3.63) is 70.0 Å². The van der Waals surface area contributed by atoms with Crippen LogP contribution in [0.15, 0.2) is 48.8 Å². The van der Waals surface area contributed by atoms with Crippen molar-refractivity contribution in [1.29, 1.82) is 0 Å². The third-order valence-electron chi connectivity index (χ3n) is 3.61. The van der Waals surface area contributed by atoms with Crippen LogP contribution in [0.3, 0.4) is 0 Å². The molecule has 0 radical (unpaired) electrons. The molecule has 0 fully saturated rings. The molecule has 10 nitrogen and oxygen atoms in total. The summed E-state index contributed by atoms with van der Waals surface area (Å²) in [5.74, 6) is -1.00. The van der Waals surface area contributed by atoms with Crippen molar-refractivity contribution in [1.82, 2.24) is 15.6 Å². The lowest BCUT2D eigenvalue weighted by atomic mass is 9.92. The minimum atomic E-state index is -1.70. The molecule has 0 aliphatic rings. The Kier molecular flexibility index (Phi) is 6.97. The van der Waals surface area contributed by atoms with Gasteiger partial charge in [0.25, 0.3) is 11.6 Å². The number of aromatic nitrogens is 1. The predicted octanol–water partition coefficient (Wildman–Crippen LogP) is -0.0208. The number of carbonyl (C=O) groups is 2. The van der Waals surface area contributed by atoms with Crippen molar-refractivity contribution in [2.24, 2.45) is 0 Å². The molecule has 1 heterocycles. The smallest absolute Gasteiger partial charge is 0.426 e. The Morgan fingerprint density at radius 2 is 1.93 bits per heavy atom. The monoisotopic (exact) mass is 372 g/mol. The SMILES string of the molecule is O=C(CC(NC(=O)c1cccnc1)c1ccc([N+](=O)[O-])cc1)NCB(O)O. The zero-order chi connectivity index (χ0) is 19.8. The fourth-order valence-corrected chi connectivity index (χ4v) is 2.28. The summed E-state index contributed by atoms with van der Waals surface area (Å²) in [7, 11) is -1.70. The van der Waals surface area contributed by atoms with Gasteiger partial charge in [-0.2, -0.15) is 0 Å². The van der Waals surface area contributed by atoms with Gasteiger partial charge in [-0.05, 0) is 17.7 Å². The van der Waals surface area contributed by atoms with Crippen LogP contribution in [0.4, 0.5) is 5.69 Å². The zero-order valence-corrected chi connectivity index (χ0v) is 14.1. The summed E-state index contributed by atoms with van der Waals surface area (Å²) in [5, 5.41) is 33.4. The maximum atomic E-state index is 12.4. The van der Waals surface area contributed by atoms with E-state index in [0.29, 0.717) is 5.56 Å². The summed E-state index contributed by atoms with van der Waals surface area (Å²) < 4.78 is 0. The first-order chi connectivity index (χ1) is 12.9. The first kappa shape index (κ1) is 20.0. The van der Waals surface area contributed by atoms with Crippen LogP contribution in [0.25, 0.3) is 0 Å². The van der Waals surface area contributed by atoms with Crippen molar-refractivity contribution in [3.63, 3.8) is 0 Å². The Hall–Kier alpha value is -3.31. The Labute approximate surface area is 154 Å². The minimum absolute atomic E-state index is 0.121. The van der Waals surface area contributed by atoms with E-state index >= 15 is 0 Å². The van der Waals surface area contributed by atoms with E-state index in [1.807, 2.05) is 0 Å². The molecule has 1 aromatic carbocycles. The molecule has 11 heteroatoms. The first-order valence-corrected chi connectivity index (χ1v) is 7.95. The van der Waals surface area contributed by atoms with Gasteiger partial charge < -0.3 is 20.7 Å². The fourth-order valence-electron chi connectivity index (χ4n) is 2.28. The largest absolute Gasteiger partial charge is 0.472 e. The van der Waals surface area contributed by atoms with E-state index in [9.17, 15) is 19.7 Å². The van der Waals surface area contributed by atoms with E-state index in [2.05, 4.69) is 15.6 Å². The maximum Gasteiger partial charge on any atom is 0.472 e. The molecule has 0 aliphatic carbocycles. The first-order valence-electron chi connectivity index (χ1n) is 7.95. The highest BCUT2D eigenvalue weighted by Gasteiger charge is 2.21. The molecule has 0 bridgehead atoms. The van der Waals surface area contributed by atoms with Gasteiger partial charge in [0.05, 0.1) is 29.4 Å². The number of rotatable bonds is 8. The molecule has 2 rings (SSSR count). The summed E-state index contributed by atoms with van der Waals surface area (Å²) in [6.07, 6.45) is 2.32. The number of pyridine rings is 1. The third-order valence-corrected chi connectivity index (χ3v) is 3.61. The highest BCUT2D eigenvalue weighted by Crippen LogP contribution is 2.21. The van der Waals surface area contributed by atoms with Crippen LogP contribution >= 0.6 is 0 Å². The van der Waals surface area contributed by atoms with Gasteiger partial charge in [0.1, 0.15) is 0 Å². The van der Waals surface area contributed by atoms with E-state index in [1.54, 1.807) is 12.1 Å². The number of benzene rings is 1. The van der Waals surface area contributed by atoms with Crippen molar-refractivity contribution in [2.45, 2.75) is 12.5 Å². The summed E-state index contributed by atoms with van der Waals surface area (Å²) >= 11 is 0. The van der Waals surface area contributed by atoms with Crippen molar-refractivity contribution in [3.8, 4) is 0 Å². The number of hydrogen-bond acceptors (Lipinski definition) is 7. The maximum absolute atomic E-state index is 12.4. The number of non-ortho nitro benzene ring substituents is 1. The minimum Gasteiger partial charge on any atom is -0.426 e. The lowest BCUT2D eigenvalue weighted by molar-refractivity contribution is -0.384. The number of nitro groups is 1. The molecule has 0 saturated carbocycles. The van der Waals surface area contributed by atoms with Gasteiger partial charge in [-0.15, -0.1) is 0 Å². The molecule has 27 heavy (non-hydrogen) atoms. The van der Waals surface area contributed by atoms with Crippen LogP contribution in [-0.2, 0) is 4.79 Å². The molecular formula is C16H17BN4O6. The van der Waals surface area contributed by atoms with Gasteiger partial charge in [-0.1, -0.05) is 12.1 Å². The van der Waals surface area contributed by atoms with Crippen LogP contribution in [0.1, 0.15) is 28.4 Å². The van der Waals surface area contributed by atoms with Crippen LogP contribution in [0.5, 0.6) is 0 Å². The van der Waals surface area contributed by atoms with E-state index in [4.69, 9.17) is 10.0 Å². The highest BCUT2D eigenvalue weighted by atomic mass is 16.6. The van der Waals surface area contributed by atoms with Crippen LogP contribution in [0, 0.1) is 10.1 Å². The van der Waals surface area contributed by atoms with E-state index in [-0.39, 0.29) is 24.1 Å². The Bertz CT molecular complexity index is 800. The molecule has 2 amide bonds. The highest BCUT2D eigenvalue weighted by molar-refractivity contribution is 6.41. The van der Waals surface area contributed by atoms with Crippen LogP contribution < -0.4 is 10.6 Å². The average Bonchev–Trinajstić information content (AvgIpc) is 2.66. The third kappa shape index (κ3) is 6.17. The number of nitro benzene ring substituents is 1. The predicted molar refractivity (Wildman–Crippen MR) is 95.4 cm³/mol. The average molecular weight is 372 g/mol. The van der Waals surface area contributed by atoms with Gasteiger partial charge in [0, 0.05) is 24.5 Å². The molecule has 4 N–H and O–H groups in total. The van der Waals surface area contributed by atoms with Crippen molar-refractivity contribution < 1.29 is 24.6 Å². The number of carbonyl (C=O) groups excluding carboxylic acids is 2. The standard InChI is InChI=1S/C16H17BN4O6/c22-15(19-10-17(24)25)8-14(11-3-5-13(6-4-11)21(26)27)20-16(23)12-2-1-7-18-9-12/h1-7,9,14,24-25H,8,10H2,(H,19,22)(H,20,23). The van der Waals surface area contributed by atoms with Gasteiger partial charge in [-0.3, -0.25) is 24.7 Å². The lowest BCUT2D eigenvalue weighted by Crippen LogP contribution is -2.38. The van der Waals surface area contributed by atoms with Crippen LogP contribution in [-0.4, -0.2) is 45.3 Å². The van der Waals surface area contributed by atoms with Crippen LogP contribution in [0.2, 0.25) is 0 Å². The quantitative estimate of drug-likeness (QED) is 0.288. The lowest BCUT2D eigenvalue weighted by Gasteiger charge is -2.19. The molecule has 1 aromatic heterocycles. The zero-order valence-electron chi connectivity index (χ0n) is 14.1. The molecular weight excluding hydrogens is 355 g/mol. The summed E-state index contributed by atoms with van der Waals surface area (Å²) in [4.78, 5) is 38.5. The molecule has 140 valence electrons. The molecule has 1 atom stereocenters. The Balaban J connectivity index is 2.18. The fraction of sp³-hybridized carbons (Fsp3) is 0.188. The molecule has 0 saturated heterocycles. The summed E-state index contributed by atoms with van der Waals surface area (Å²) in [6.45, 7) is 0. The molecule has 0 aliphatic heterocycles. The summed E-state index contributed by atoms with van der Waals surface area (Å²) in [6, 6.07) is 7.79. The number of nitrogens with one attached hydrogen (secondary N) is 2. The molecule has 2 aromatic rings. The normalized spacial score (nSPS) is 11.3. The molecule has 1 unspecified atom stereocenters. The van der Waals surface area contributed by atoms with Gasteiger partial charge in [0.15, 0.2) is 0 Å². The van der Waals surface area contributed by atoms with Crippen molar-refractivity contribution in [2.75, 3.05) is 6.44 Å². The number of amides is 2. The summed E-state index contributed by atoms with van der Waals surface area (Å²) in [5.41, 5.74) is 0.650. The van der Waals surface area contributed by atoms with Gasteiger partial charge in [0.2, 0.25) is 5.91 Å². The van der Waals surface area contributed by atoms with E-state index in [0.717, 1.165) is 0 Å². The van der Waals surface area contributed by atoms with E-state index < -0.39 is 29.9 Å². The van der Waals surface area contributed by atoms with Crippen molar-refractivity contribution >= 4 is 24.6 Å². The second kappa shape index (κ2) is 9.41. The second-order valence-corrected chi connectivity index (χ2v) is 5.61.